The van der Waals surface area contributed by atoms with E-state index >= 15 is 0 Å². The minimum atomic E-state index is -2.41. The maximum absolute atomic E-state index is 10.0. The number of aromatic nitrogens is 1. The van der Waals surface area contributed by atoms with Crippen molar-refractivity contribution in [2.45, 2.75) is 13.3 Å². The summed E-state index contributed by atoms with van der Waals surface area (Å²) in [5, 5.41) is 3.05. The quantitative estimate of drug-likeness (QED) is 0.582. The van der Waals surface area contributed by atoms with E-state index in [9.17, 15) is 8.76 Å². The molecular weight excluding hydrogens is 216 g/mol. The Hall–Kier alpha value is -0.980. The molecule has 0 aromatic carbocycles. The van der Waals surface area contributed by atoms with Gasteiger partial charge in [0.1, 0.15) is 5.82 Å². The Morgan fingerprint density at radius 1 is 1.60 bits per heavy atom. The third kappa shape index (κ3) is 5.46. The van der Waals surface area contributed by atoms with E-state index in [2.05, 4.69) is 14.5 Å². The highest BCUT2D eigenvalue weighted by Crippen LogP contribution is 2.03. The molecule has 0 aliphatic heterocycles. The second kappa shape index (κ2) is 6.49. The molecule has 0 amide bonds. The van der Waals surface area contributed by atoms with E-state index < -0.39 is 11.4 Å². The monoisotopic (exact) mass is 229 g/mol. The lowest BCUT2D eigenvalue weighted by atomic mass is 10.3. The van der Waals surface area contributed by atoms with Gasteiger partial charge in [0.15, 0.2) is 0 Å². The smallest absolute Gasteiger partial charge is 0.125 e. The maximum atomic E-state index is 10.0. The van der Waals surface area contributed by atoms with E-state index in [1.54, 1.807) is 6.20 Å². The number of rotatable bonds is 6. The van der Waals surface area contributed by atoms with Crippen LogP contribution < -0.4 is 5.32 Å². The lowest BCUT2D eigenvalue weighted by Gasteiger charge is -2.07. The van der Waals surface area contributed by atoms with Crippen molar-refractivity contribution in [2.24, 2.45) is 0 Å². The second-order valence-electron chi connectivity index (χ2n) is 3.03. The molecule has 15 heavy (non-hydrogen) atoms. The van der Waals surface area contributed by atoms with Gasteiger partial charge >= 0.3 is 0 Å². The molecule has 0 radical (unpaired) electrons. The van der Waals surface area contributed by atoms with Crippen molar-refractivity contribution in [3.63, 3.8) is 0 Å². The van der Waals surface area contributed by atoms with Crippen LogP contribution in [0.5, 0.6) is 0 Å². The third-order valence-corrected chi connectivity index (χ3v) is 2.08. The van der Waals surface area contributed by atoms with Crippen LogP contribution in [0.4, 0.5) is 5.82 Å². The van der Waals surface area contributed by atoms with Gasteiger partial charge in [-0.15, -0.1) is 0 Å². The zero-order valence-electron chi connectivity index (χ0n) is 8.43. The topological polar surface area (TPSA) is 74.3 Å². The third-order valence-electron chi connectivity index (χ3n) is 1.72. The summed E-state index contributed by atoms with van der Waals surface area (Å²) in [4.78, 5) is 4.14. The van der Waals surface area contributed by atoms with Gasteiger partial charge in [0, 0.05) is 12.7 Å². The van der Waals surface area contributed by atoms with E-state index in [0.29, 0.717) is 13.0 Å². The van der Waals surface area contributed by atoms with Crippen molar-refractivity contribution in [3.05, 3.63) is 23.9 Å². The first-order valence-electron chi connectivity index (χ1n) is 4.57. The highest BCUT2D eigenvalue weighted by molar-refractivity contribution is 7.74. The fourth-order valence-electron chi connectivity index (χ4n) is 0.988. The van der Waals surface area contributed by atoms with Gasteiger partial charge in [-0.1, -0.05) is 6.07 Å². The lowest BCUT2D eigenvalue weighted by molar-refractivity contribution is 0.299. The summed E-state index contributed by atoms with van der Waals surface area (Å²) in [6.07, 6.45) is 2.38. The summed E-state index contributed by atoms with van der Waals surface area (Å²) in [6, 6.07) is 3.83. The van der Waals surface area contributed by atoms with E-state index in [1.807, 2.05) is 19.1 Å². The van der Waals surface area contributed by atoms with Crippen LogP contribution in [-0.2, 0) is 15.5 Å². The van der Waals surface area contributed by atoms with Crippen molar-refractivity contribution >= 4 is 17.2 Å². The molecule has 84 valence electrons. The fraction of sp³-hybridized carbons (Fsp3) is 0.444. The second-order valence-corrected chi connectivity index (χ2v) is 3.67. The van der Waals surface area contributed by atoms with Gasteiger partial charge in [-0.3, -0.25) is 0 Å². The predicted octanol–water partition coefficient (Wildman–Crippen LogP) is 1.00. The molecule has 0 bridgehead atoms. The molecule has 0 saturated carbocycles. The Bertz CT molecular complexity index is 316. The number of hydrogen-bond acceptors (Lipinski definition) is 5. The summed E-state index contributed by atoms with van der Waals surface area (Å²) in [5.41, 5.74) is 1.10. The molecule has 1 rings (SSSR count). The minimum Gasteiger partial charge on any atom is -0.750 e. The normalized spacial score (nSPS) is 12.4. The fourth-order valence-corrected chi connectivity index (χ4v) is 1.24. The largest absolute Gasteiger partial charge is 0.750 e. The molecule has 1 aromatic heterocycles. The van der Waals surface area contributed by atoms with Gasteiger partial charge in [0.25, 0.3) is 0 Å². The molecule has 0 aliphatic carbocycles. The summed E-state index contributed by atoms with van der Waals surface area (Å²) < 4.78 is 24.4. The van der Waals surface area contributed by atoms with E-state index in [-0.39, 0.29) is 6.61 Å². The summed E-state index contributed by atoms with van der Waals surface area (Å²) in [6.45, 7) is 2.79. The van der Waals surface area contributed by atoms with Crippen LogP contribution in [0, 0.1) is 6.92 Å². The van der Waals surface area contributed by atoms with Gasteiger partial charge in [0.05, 0.1) is 18.0 Å². The summed E-state index contributed by atoms with van der Waals surface area (Å²) >= 11 is -2.41. The average Bonchev–Trinajstić information content (AvgIpc) is 2.20. The van der Waals surface area contributed by atoms with Crippen molar-refractivity contribution in [1.29, 1.82) is 0 Å². The Balaban J connectivity index is 2.15. The van der Waals surface area contributed by atoms with Crippen LogP contribution in [-0.4, -0.2) is 26.9 Å². The number of aryl methyl sites for hydroxylation is 1. The molecule has 1 atom stereocenters. The first-order chi connectivity index (χ1) is 7.18. The molecular formula is C9H13N2O3S-. The van der Waals surface area contributed by atoms with Crippen LogP contribution in [0.3, 0.4) is 0 Å². The van der Waals surface area contributed by atoms with Gasteiger partial charge in [-0.25, -0.2) is 9.19 Å². The molecule has 1 N–H and O–H groups in total. The van der Waals surface area contributed by atoms with Crippen molar-refractivity contribution in [2.75, 3.05) is 18.5 Å². The average molecular weight is 229 g/mol. The zero-order valence-corrected chi connectivity index (χ0v) is 9.25. The Labute approximate surface area is 91.4 Å². The van der Waals surface area contributed by atoms with E-state index in [4.69, 9.17) is 0 Å². The molecule has 0 aliphatic rings. The SMILES string of the molecule is Cc1ccc(NCCCOS(=O)[O-])nc1. The molecule has 0 spiro atoms. The van der Waals surface area contributed by atoms with E-state index in [0.717, 1.165) is 11.4 Å². The maximum Gasteiger partial charge on any atom is 0.125 e. The summed E-state index contributed by atoms with van der Waals surface area (Å²) in [5.74, 6) is 0.781. The zero-order chi connectivity index (χ0) is 11.1. The number of hydrogen-bond donors (Lipinski definition) is 1. The predicted molar refractivity (Wildman–Crippen MR) is 57.0 cm³/mol. The van der Waals surface area contributed by atoms with Gasteiger partial charge in [-0.2, -0.15) is 0 Å². The number of nitrogens with one attached hydrogen (secondary N) is 1. The Morgan fingerprint density at radius 3 is 3.00 bits per heavy atom. The Kier molecular flexibility index (Phi) is 5.23. The molecule has 6 heteroatoms. The number of nitrogens with zero attached hydrogens (tertiary/aromatic N) is 1. The van der Waals surface area contributed by atoms with E-state index in [1.165, 1.54) is 0 Å². The van der Waals surface area contributed by atoms with Crippen LogP contribution in [0.2, 0.25) is 0 Å². The number of pyridine rings is 1. The van der Waals surface area contributed by atoms with Gasteiger partial charge in [-0.05, 0) is 25.0 Å². The first-order valence-corrected chi connectivity index (χ1v) is 5.57. The van der Waals surface area contributed by atoms with Crippen molar-refractivity contribution in [1.82, 2.24) is 4.98 Å². The highest BCUT2D eigenvalue weighted by Gasteiger charge is 1.93. The summed E-state index contributed by atoms with van der Waals surface area (Å²) in [7, 11) is 0. The minimum absolute atomic E-state index is 0.189. The first kappa shape index (κ1) is 12.1. The van der Waals surface area contributed by atoms with Crippen molar-refractivity contribution < 1.29 is 12.9 Å². The van der Waals surface area contributed by atoms with Gasteiger partial charge < -0.3 is 14.1 Å². The van der Waals surface area contributed by atoms with Crippen LogP contribution >= 0.6 is 0 Å². The molecule has 1 heterocycles. The van der Waals surface area contributed by atoms with Gasteiger partial charge in [0.2, 0.25) is 0 Å². The van der Waals surface area contributed by atoms with Crippen LogP contribution in [0.25, 0.3) is 0 Å². The van der Waals surface area contributed by atoms with Crippen LogP contribution in [0.15, 0.2) is 18.3 Å². The molecule has 1 aromatic rings. The standard InChI is InChI=1S/C9H14N2O3S/c1-8-3-4-9(11-7-8)10-5-2-6-14-15(12)13/h3-4,7H,2,5-6H2,1H3,(H,10,11)(H,12,13)/p-1. The molecule has 0 saturated heterocycles. The van der Waals surface area contributed by atoms with Crippen LogP contribution in [0.1, 0.15) is 12.0 Å². The highest BCUT2D eigenvalue weighted by atomic mass is 32.2. The van der Waals surface area contributed by atoms with Crippen molar-refractivity contribution in [3.8, 4) is 0 Å². The lowest BCUT2D eigenvalue weighted by Crippen LogP contribution is -2.07. The number of anilines is 1. The molecule has 0 fully saturated rings. The molecule has 1 unspecified atom stereocenters. The Morgan fingerprint density at radius 2 is 2.40 bits per heavy atom. The molecule has 5 nitrogen and oxygen atoms in total.